The van der Waals surface area contributed by atoms with Gasteiger partial charge >= 0.3 is 12.1 Å². The van der Waals surface area contributed by atoms with Gasteiger partial charge < -0.3 is 25.2 Å². The second-order valence-corrected chi connectivity index (χ2v) is 6.96. The van der Waals surface area contributed by atoms with E-state index >= 15 is 0 Å². The zero-order chi connectivity index (χ0) is 23.3. The number of rotatable bonds is 10. The van der Waals surface area contributed by atoms with Crippen LogP contribution in [0.1, 0.15) is 23.1 Å². The highest BCUT2D eigenvalue weighted by atomic mass is 16.5. The fourth-order valence-corrected chi connectivity index (χ4v) is 2.80. The molecular formula is C23H25N3O6. The standard InChI is InChI=1S/C23H25N3O6/c1-31-22(29)20(11-16-7-9-17(13-24)10-8-16)26-21(28)12-19(27)14-25-23(30)32-15-18-5-3-2-4-6-18/h2-10,19-20,27H,11-12,14-15H2,1H3,(H,25,30)(H,26,28)/t19-,20+/m1/s1. The molecule has 2 amide bonds. The van der Waals surface area contributed by atoms with Crippen molar-refractivity contribution in [3.05, 3.63) is 71.3 Å². The Bertz CT molecular complexity index is 940. The number of ether oxygens (including phenoxy) is 2. The molecule has 0 aliphatic rings. The maximum Gasteiger partial charge on any atom is 0.407 e. The summed E-state index contributed by atoms with van der Waals surface area (Å²) in [6.07, 6.45) is -2.07. The minimum atomic E-state index is -1.17. The third-order valence-corrected chi connectivity index (χ3v) is 4.46. The van der Waals surface area contributed by atoms with Gasteiger partial charge in [0.1, 0.15) is 12.6 Å². The van der Waals surface area contributed by atoms with Crippen LogP contribution in [0.5, 0.6) is 0 Å². The van der Waals surface area contributed by atoms with E-state index in [1.54, 1.807) is 24.3 Å². The summed E-state index contributed by atoms with van der Waals surface area (Å²) >= 11 is 0. The molecule has 0 aromatic heterocycles. The van der Waals surface area contributed by atoms with Crippen LogP contribution in [0.25, 0.3) is 0 Å². The van der Waals surface area contributed by atoms with E-state index in [0.29, 0.717) is 5.56 Å². The normalized spacial score (nSPS) is 12.0. The van der Waals surface area contributed by atoms with Crippen LogP contribution >= 0.6 is 0 Å². The summed E-state index contributed by atoms with van der Waals surface area (Å²) in [5.74, 6) is -1.22. The van der Waals surface area contributed by atoms with Crippen LogP contribution in [0.4, 0.5) is 4.79 Å². The molecule has 9 nitrogen and oxygen atoms in total. The lowest BCUT2D eigenvalue weighted by atomic mass is 10.0. The molecule has 0 saturated heterocycles. The van der Waals surface area contributed by atoms with Crippen LogP contribution in [0.3, 0.4) is 0 Å². The molecule has 0 bridgehead atoms. The van der Waals surface area contributed by atoms with Gasteiger partial charge in [0, 0.05) is 13.0 Å². The average molecular weight is 439 g/mol. The summed E-state index contributed by atoms with van der Waals surface area (Å²) in [6, 6.07) is 16.7. The van der Waals surface area contributed by atoms with Crippen LogP contribution < -0.4 is 10.6 Å². The van der Waals surface area contributed by atoms with Crippen LogP contribution in [-0.4, -0.2) is 48.9 Å². The molecule has 0 saturated carbocycles. The highest BCUT2D eigenvalue weighted by molar-refractivity contribution is 5.85. The lowest BCUT2D eigenvalue weighted by molar-refractivity contribution is -0.145. The molecule has 0 aliphatic heterocycles. The molecule has 0 radical (unpaired) electrons. The molecule has 0 aliphatic carbocycles. The number of aliphatic hydroxyl groups excluding tert-OH is 1. The lowest BCUT2D eigenvalue weighted by Gasteiger charge is -2.18. The molecule has 0 fully saturated rings. The summed E-state index contributed by atoms with van der Waals surface area (Å²) < 4.78 is 9.77. The first-order valence-electron chi connectivity index (χ1n) is 9.90. The molecular weight excluding hydrogens is 414 g/mol. The number of amides is 2. The van der Waals surface area contributed by atoms with Gasteiger partial charge in [0.25, 0.3) is 0 Å². The summed E-state index contributed by atoms with van der Waals surface area (Å²) in [7, 11) is 1.21. The highest BCUT2D eigenvalue weighted by Gasteiger charge is 2.23. The van der Waals surface area contributed by atoms with Crippen LogP contribution in [0.15, 0.2) is 54.6 Å². The van der Waals surface area contributed by atoms with Gasteiger partial charge in [0.05, 0.1) is 31.3 Å². The quantitative estimate of drug-likeness (QED) is 0.476. The van der Waals surface area contributed by atoms with Crippen molar-refractivity contribution in [2.75, 3.05) is 13.7 Å². The fraction of sp³-hybridized carbons (Fsp3) is 0.304. The molecule has 2 aromatic carbocycles. The van der Waals surface area contributed by atoms with Crippen molar-refractivity contribution in [1.29, 1.82) is 5.26 Å². The Labute approximate surface area is 186 Å². The predicted molar refractivity (Wildman–Crippen MR) is 114 cm³/mol. The number of hydrogen-bond donors (Lipinski definition) is 3. The van der Waals surface area contributed by atoms with Crippen molar-refractivity contribution in [1.82, 2.24) is 10.6 Å². The number of hydrogen-bond acceptors (Lipinski definition) is 7. The van der Waals surface area contributed by atoms with Gasteiger partial charge in [-0.25, -0.2) is 9.59 Å². The Morgan fingerprint density at radius 1 is 1.06 bits per heavy atom. The van der Waals surface area contributed by atoms with Crippen molar-refractivity contribution in [3.63, 3.8) is 0 Å². The number of aliphatic hydroxyl groups is 1. The topological polar surface area (TPSA) is 138 Å². The van der Waals surface area contributed by atoms with Crippen molar-refractivity contribution in [3.8, 4) is 6.07 Å². The van der Waals surface area contributed by atoms with Crippen LogP contribution in [0, 0.1) is 11.3 Å². The molecule has 32 heavy (non-hydrogen) atoms. The van der Waals surface area contributed by atoms with E-state index in [9.17, 15) is 19.5 Å². The zero-order valence-electron chi connectivity index (χ0n) is 17.6. The first-order chi connectivity index (χ1) is 15.4. The van der Waals surface area contributed by atoms with Gasteiger partial charge in [-0.05, 0) is 23.3 Å². The third-order valence-electron chi connectivity index (χ3n) is 4.46. The zero-order valence-corrected chi connectivity index (χ0v) is 17.6. The van der Waals surface area contributed by atoms with E-state index in [2.05, 4.69) is 10.6 Å². The largest absolute Gasteiger partial charge is 0.467 e. The molecule has 2 atom stereocenters. The van der Waals surface area contributed by atoms with E-state index in [4.69, 9.17) is 14.7 Å². The molecule has 0 unspecified atom stereocenters. The van der Waals surface area contributed by atoms with Crippen molar-refractivity contribution in [2.45, 2.75) is 31.6 Å². The number of nitriles is 1. The molecule has 0 spiro atoms. The highest BCUT2D eigenvalue weighted by Crippen LogP contribution is 2.08. The fourth-order valence-electron chi connectivity index (χ4n) is 2.80. The number of alkyl carbamates (subject to hydrolysis) is 1. The Morgan fingerprint density at radius 2 is 1.75 bits per heavy atom. The second kappa shape index (κ2) is 12.7. The average Bonchev–Trinajstić information content (AvgIpc) is 2.81. The summed E-state index contributed by atoms with van der Waals surface area (Å²) in [6.45, 7) is -0.112. The summed E-state index contributed by atoms with van der Waals surface area (Å²) in [5.41, 5.74) is 2.02. The molecule has 3 N–H and O–H groups in total. The van der Waals surface area contributed by atoms with Gasteiger partial charge in [-0.15, -0.1) is 0 Å². The summed E-state index contributed by atoms with van der Waals surface area (Å²) in [4.78, 5) is 36.0. The molecule has 168 valence electrons. The van der Waals surface area contributed by atoms with E-state index in [1.165, 1.54) is 7.11 Å². The minimum Gasteiger partial charge on any atom is -0.467 e. The predicted octanol–water partition coefficient (Wildman–Crippen LogP) is 1.44. The van der Waals surface area contributed by atoms with Gasteiger partial charge in [-0.1, -0.05) is 42.5 Å². The number of carbonyl (C=O) groups is 3. The SMILES string of the molecule is COC(=O)[C@H](Cc1ccc(C#N)cc1)NC(=O)C[C@@H](O)CNC(=O)OCc1ccccc1. The van der Waals surface area contributed by atoms with Gasteiger partial charge in [-0.3, -0.25) is 4.79 Å². The Morgan fingerprint density at radius 3 is 2.38 bits per heavy atom. The van der Waals surface area contributed by atoms with Gasteiger partial charge in [0.15, 0.2) is 0 Å². The minimum absolute atomic E-state index is 0.0827. The number of nitrogens with zero attached hydrogens (tertiary/aromatic N) is 1. The van der Waals surface area contributed by atoms with Gasteiger partial charge in [0.2, 0.25) is 5.91 Å². The number of benzene rings is 2. The summed E-state index contributed by atoms with van der Waals surface area (Å²) in [5, 5.41) is 23.8. The van der Waals surface area contributed by atoms with E-state index < -0.39 is 30.1 Å². The monoisotopic (exact) mass is 439 g/mol. The third kappa shape index (κ3) is 8.45. The molecule has 2 rings (SSSR count). The number of nitrogens with one attached hydrogen (secondary N) is 2. The Hall–Kier alpha value is -3.90. The first kappa shape index (κ1) is 24.4. The molecule has 0 heterocycles. The van der Waals surface area contributed by atoms with Crippen molar-refractivity contribution >= 4 is 18.0 Å². The maximum absolute atomic E-state index is 12.3. The van der Waals surface area contributed by atoms with Crippen molar-refractivity contribution < 1.29 is 29.0 Å². The Balaban J connectivity index is 1.78. The maximum atomic E-state index is 12.3. The second-order valence-electron chi connectivity index (χ2n) is 6.96. The number of methoxy groups -OCH3 is 1. The van der Waals surface area contributed by atoms with Crippen LogP contribution in [-0.2, 0) is 32.1 Å². The van der Waals surface area contributed by atoms with E-state index in [-0.39, 0.29) is 26.0 Å². The van der Waals surface area contributed by atoms with Gasteiger partial charge in [-0.2, -0.15) is 5.26 Å². The molecule has 9 heteroatoms. The first-order valence-corrected chi connectivity index (χ1v) is 9.90. The number of carbonyl (C=O) groups excluding carboxylic acids is 3. The Kier molecular flexibility index (Phi) is 9.69. The number of esters is 1. The van der Waals surface area contributed by atoms with E-state index in [0.717, 1.165) is 11.1 Å². The smallest absolute Gasteiger partial charge is 0.407 e. The van der Waals surface area contributed by atoms with Crippen molar-refractivity contribution in [2.24, 2.45) is 0 Å². The molecule has 2 aromatic rings. The lowest BCUT2D eigenvalue weighted by Crippen LogP contribution is -2.45. The van der Waals surface area contributed by atoms with Crippen LogP contribution in [0.2, 0.25) is 0 Å². The van der Waals surface area contributed by atoms with E-state index in [1.807, 2.05) is 36.4 Å².